The molecule has 1 atom stereocenters. The number of nitrogens with zero attached hydrogens (tertiary/aromatic N) is 4. The van der Waals surface area contributed by atoms with Gasteiger partial charge in [-0.05, 0) is 49.8 Å². The zero-order valence-corrected chi connectivity index (χ0v) is 19.3. The molecule has 0 fully saturated rings. The Kier molecular flexibility index (Phi) is 5.56. The molecular weight excluding hydrogens is 444 g/mol. The second kappa shape index (κ2) is 8.51. The van der Waals surface area contributed by atoms with E-state index in [-0.39, 0.29) is 17.6 Å². The van der Waals surface area contributed by atoms with Gasteiger partial charge in [-0.2, -0.15) is 0 Å². The van der Waals surface area contributed by atoms with Crippen LogP contribution in [0, 0.1) is 12.8 Å². The third kappa shape index (κ3) is 3.95. The van der Waals surface area contributed by atoms with Crippen LogP contribution in [0.4, 0.5) is 0 Å². The van der Waals surface area contributed by atoms with Crippen molar-refractivity contribution in [1.29, 1.82) is 0 Å². The molecule has 5 rings (SSSR count). The number of hydrazine groups is 1. The van der Waals surface area contributed by atoms with E-state index in [0.29, 0.717) is 16.6 Å². The molecule has 0 aliphatic heterocycles. The Labute approximate surface area is 192 Å². The van der Waals surface area contributed by atoms with E-state index in [4.69, 9.17) is 0 Å². The van der Waals surface area contributed by atoms with Crippen LogP contribution < -0.4 is 10.9 Å². The fourth-order valence-corrected chi connectivity index (χ4v) is 5.94. The van der Waals surface area contributed by atoms with Crippen LogP contribution in [0.25, 0.3) is 15.9 Å². The highest BCUT2D eigenvalue weighted by Crippen LogP contribution is 2.39. The molecule has 8 nitrogen and oxygen atoms in total. The highest BCUT2D eigenvalue weighted by molar-refractivity contribution is 7.99. The van der Waals surface area contributed by atoms with E-state index in [2.05, 4.69) is 33.0 Å². The minimum Gasteiger partial charge on any atom is -0.272 e. The van der Waals surface area contributed by atoms with E-state index < -0.39 is 0 Å². The predicted molar refractivity (Wildman–Crippen MR) is 125 cm³/mol. The van der Waals surface area contributed by atoms with Gasteiger partial charge in [0.25, 0.3) is 5.91 Å². The maximum absolute atomic E-state index is 12.2. The van der Waals surface area contributed by atoms with Crippen molar-refractivity contribution in [2.75, 3.05) is 5.75 Å². The van der Waals surface area contributed by atoms with Crippen LogP contribution >= 0.6 is 23.1 Å². The zero-order valence-electron chi connectivity index (χ0n) is 17.7. The summed E-state index contributed by atoms with van der Waals surface area (Å²) in [4.78, 5) is 31.4. The summed E-state index contributed by atoms with van der Waals surface area (Å²) in [5.41, 5.74) is 8.57. The second-order valence-electron chi connectivity index (χ2n) is 8.11. The van der Waals surface area contributed by atoms with E-state index >= 15 is 0 Å². The summed E-state index contributed by atoms with van der Waals surface area (Å²) in [6.07, 6.45) is 5.02. The summed E-state index contributed by atoms with van der Waals surface area (Å²) < 4.78 is 1.84. The number of hydrogen-bond acceptors (Lipinski definition) is 7. The smallest absolute Gasteiger partial charge is 0.269 e. The van der Waals surface area contributed by atoms with E-state index in [1.807, 2.05) is 23.5 Å². The van der Waals surface area contributed by atoms with Crippen LogP contribution in [0.15, 0.2) is 35.7 Å². The van der Waals surface area contributed by atoms with Crippen molar-refractivity contribution in [1.82, 2.24) is 30.4 Å². The van der Waals surface area contributed by atoms with Crippen molar-refractivity contribution >= 4 is 50.8 Å². The molecule has 1 aromatic carbocycles. The van der Waals surface area contributed by atoms with Crippen LogP contribution in [0.5, 0.6) is 0 Å². The number of thiophene rings is 1. The molecule has 3 heterocycles. The van der Waals surface area contributed by atoms with Crippen molar-refractivity contribution in [2.45, 2.75) is 38.3 Å². The number of carbonyl (C=O) groups is 2. The van der Waals surface area contributed by atoms with Gasteiger partial charge in [-0.1, -0.05) is 36.4 Å². The largest absolute Gasteiger partial charge is 0.272 e. The number of aromatic nitrogens is 4. The van der Waals surface area contributed by atoms with Gasteiger partial charge in [0.1, 0.15) is 11.2 Å². The Bertz CT molecular complexity index is 1330. The van der Waals surface area contributed by atoms with E-state index in [1.165, 1.54) is 28.6 Å². The van der Waals surface area contributed by atoms with Gasteiger partial charge in [-0.25, -0.2) is 4.98 Å². The molecule has 10 heteroatoms. The number of aryl methyl sites for hydroxylation is 2. The van der Waals surface area contributed by atoms with Crippen LogP contribution in [0.3, 0.4) is 0 Å². The summed E-state index contributed by atoms with van der Waals surface area (Å²) in [5.74, 6) is 0.0925. The number of rotatable bonds is 4. The number of thioether (sulfide) groups is 1. The molecule has 0 saturated heterocycles. The third-order valence-electron chi connectivity index (χ3n) is 5.63. The van der Waals surface area contributed by atoms with E-state index in [9.17, 15) is 9.59 Å². The number of benzene rings is 1. The molecule has 4 aromatic rings. The van der Waals surface area contributed by atoms with Crippen molar-refractivity contribution in [3.8, 4) is 0 Å². The highest BCUT2D eigenvalue weighted by atomic mass is 32.2. The molecule has 2 N–H and O–H groups in total. The molecule has 0 bridgehead atoms. The number of fused-ring (bicyclic) bond motifs is 5. The van der Waals surface area contributed by atoms with E-state index in [1.54, 1.807) is 29.8 Å². The van der Waals surface area contributed by atoms with Crippen molar-refractivity contribution in [2.24, 2.45) is 5.92 Å². The Morgan fingerprint density at radius 1 is 1.22 bits per heavy atom. The molecule has 32 heavy (non-hydrogen) atoms. The second-order valence-corrected chi connectivity index (χ2v) is 10.1. The lowest BCUT2D eigenvalue weighted by Gasteiger charge is -2.17. The topological polar surface area (TPSA) is 101 Å². The average Bonchev–Trinajstić information content (AvgIpc) is 3.36. The minimum absolute atomic E-state index is 0.0896. The Hall–Kier alpha value is -2.98. The summed E-state index contributed by atoms with van der Waals surface area (Å²) in [7, 11) is 0. The summed E-state index contributed by atoms with van der Waals surface area (Å²) in [6.45, 7) is 4.24. The van der Waals surface area contributed by atoms with Crippen LogP contribution in [-0.4, -0.2) is 37.1 Å². The highest BCUT2D eigenvalue weighted by Gasteiger charge is 2.24. The number of carbonyl (C=O) groups excluding carboxylic acids is 2. The number of nitrogens with one attached hydrogen (secondary N) is 2. The molecular formula is C22H22N6O2S2. The molecule has 1 aliphatic rings. The monoisotopic (exact) mass is 466 g/mol. The molecule has 0 saturated carbocycles. The minimum atomic E-state index is -0.362. The number of hydrogen-bond donors (Lipinski definition) is 2. The van der Waals surface area contributed by atoms with Crippen molar-refractivity contribution in [3.63, 3.8) is 0 Å². The van der Waals surface area contributed by atoms with Gasteiger partial charge in [0, 0.05) is 10.4 Å². The van der Waals surface area contributed by atoms with Crippen molar-refractivity contribution < 1.29 is 9.59 Å². The molecule has 1 unspecified atom stereocenters. The van der Waals surface area contributed by atoms with Crippen molar-refractivity contribution in [3.05, 3.63) is 52.2 Å². The van der Waals surface area contributed by atoms with Gasteiger partial charge in [0.15, 0.2) is 10.8 Å². The lowest BCUT2D eigenvalue weighted by molar-refractivity contribution is -0.119. The summed E-state index contributed by atoms with van der Waals surface area (Å²) in [6, 6.07) is 7.12. The van der Waals surface area contributed by atoms with Gasteiger partial charge in [0.2, 0.25) is 5.91 Å². The maximum atomic E-state index is 12.2. The first kappa shape index (κ1) is 20.9. The summed E-state index contributed by atoms with van der Waals surface area (Å²) in [5, 5.41) is 10.4. The van der Waals surface area contributed by atoms with Gasteiger partial charge in [-0.3, -0.25) is 24.8 Å². The fraction of sp³-hybridized carbons (Fsp3) is 0.318. The molecule has 164 valence electrons. The first-order chi connectivity index (χ1) is 15.5. The number of amides is 2. The zero-order chi connectivity index (χ0) is 22.2. The first-order valence-electron chi connectivity index (χ1n) is 10.4. The average molecular weight is 467 g/mol. The molecule has 1 aliphatic carbocycles. The van der Waals surface area contributed by atoms with Gasteiger partial charge < -0.3 is 0 Å². The normalized spacial score (nSPS) is 15.6. The van der Waals surface area contributed by atoms with Gasteiger partial charge in [-0.15, -0.1) is 21.5 Å². The Balaban J connectivity index is 1.26. The lowest BCUT2D eigenvalue weighted by atomic mass is 9.89. The SMILES string of the molecule is Cc1ccc(C(=O)NNC(=O)CSc2nnc3c4c5c(sc4ncn23)CC(C)CC5)cc1. The maximum Gasteiger partial charge on any atom is 0.269 e. The van der Waals surface area contributed by atoms with Crippen LogP contribution in [-0.2, 0) is 17.6 Å². The van der Waals surface area contributed by atoms with Gasteiger partial charge in [0.05, 0.1) is 11.1 Å². The Morgan fingerprint density at radius 3 is 2.84 bits per heavy atom. The van der Waals surface area contributed by atoms with E-state index in [0.717, 1.165) is 34.3 Å². The molecule has 2 amide bonds. The quantitative estimate of drug-likeness (QED) is 0.353. The van der Waals surface area contributed by atoms with Crippen LogP contribution in [0.1, 0.15) is 39.7 Å². The standard InChI is InChI=1S/C22H22N6O2S2/c1-12-3-6-14(7-4-12)20(30)26-24-17(29)10-31-22-27-25-19-18-15-8-5-13(2)9-16(15)32-21(18)23-11-28(19)22/h3-4,6-7,11,13H,5,8-10H2,1-2H3,(H,24,29)(H,26,30). The molecule has 0 radical (unpaired) electrons. The summed E-state index contributed by atoms with van der Waals surface area (Å²) >= 11 is 3.00. The lowest BCUT2D eigenvalue weighted by Crippen LogP contribution is -2.42. The Morgan fingerprint density at radius 2 is 2.03 bits per heavy atom. The first-order valence-corrected chi connectivity index (χ1v) is 12.2. The molecule has 3 aromatic heterocycles. The molecule has 0 spiro atoms. The fourth-order valence-electron chi connectivity index (χ4n) is 3.89. The van der Waals surface area contributed by atoms with Crippen LogP contribution in [0.2, 0.25) is 0 Å². The predicted octanol–water partition coefficient (Wildman–Crippen LogP) is 3.33. The van der Waals surface area contributed by atoms with Gasteiger partial charge >= 0.3 is 0 Å². The third-order valence-corrected chi connectivity index (χ3v) is 7.74.